The van der Waals surface area contributed by atoms with Crippen LogP contribution in [0, 0.1) is 37.9 Å². The predicted molar refractivity (Wildman–Crippen MR) is 588 cm³/mol. The molecule has 0 unspecified atom stereocenters. The van der Waals surface area contributed by atoms with E-state index in [2.05, 4.69) is 358 Å². The second-order valence-corrected chi connectivity index (χ2v) is 51.3. The maximum Gasteiger partial charge on any atom is 0.252 e. The van der Waals surface area contributed by atoms with Crippen molar-refractivity contribution in [3.63, 3.8) is 0 Å². The fraction of sp³-hybridized carbons (Fsp3) is 0.395. The molecular weight excluding hydrogens is 1620 g/mol. The Labute approximate surface area is 818 Å². The van der Waals surface area contributed by atoms with Crippen LogP contribution < -0.4 is 26.2 Å². The lowest BCUT2D eigenvalue weighted by Gasteiger charge is -2.46. The van der Waals surface area contributed by atoms with Crippen LogP contribution in [0.3, 0.4) is 0 Å². The molecule has 0 spiro atoms. The van der Waals surface area contributed by atoms with Crippen LogP contribution in [0.1, 0.15) is 301 Å². The zero-order valence-electron chi connectivity index (χ0n) is 95.1. The third-order valence-corrected chi connectivity index (χ3v) is 26.5. The molecule has 15 aromatic rings. The highest BCUT2D eigenvalue weighted by Gasteiger charge is 2.46. The average molecular weight is 1780 g/mol. The minimum atomic E-state index is -1.79. The van der Waals surface area contributed by atoms with E-state index in [9.17, 15) is 11.0 Å². The molecule has 0 N–H and O–H groups in total. The van der Waals surface area contributed by atoms with Crippen LogP contribution in [-0.4, -0.2) is 15.8 Å². The Balaban J connectivity index is 1.11. The van der Waals surface area contributed by atoms with E-state index in [1.165, 1.54) is 43.8 Å². The van der Waals surface area contributed by atoms with Crippen molar-refractivity contribution in [2.45, 2.75) is 295 Å². The summed E-state index contributed by atoms with van der Waals surface area (Å²) in [5.74, 6) is 0. The molecule has 2 aliphatic heterocycles. The zero-order chi connectivity index (χ0) is 104. The summed E-state index contributed by atoms with van der Waals surface area (Å²) in [6.45, 7) is 71.9. The van der Waals surface area contributed by atoms with Crippen molar-refractivity contribution in [1.29, 1.82) is 0 Å². The Morgan fingerprint density at radius 3 is 0.769 bits per heavy atom. The van der Waals surface area contributed by atoms with Crippen LogP contribution >= 0.6 is 0 Å². The normalized spacial score (nSPS) is 15.2. The van der Waals surface area contributed by atoms with Gasteiger partial charge < -0.3 is 18.9 Å². The van der Waals surface area contributed by atoms with Crippen molar-refractivity contribution in [1.82, 2.24) is 9.13 Å². The Morgan fingerprint density at radius 1 is 0.231 bits per heavy atom. The molecule has 13 aromatic carbocycles. The molecule has 4 heterocycles. The van der Waals surface area contributed by atoms with Gasteiger partial charge in [-0.2, -0.15) is 0 Å². The summed E-state index contributed by atoms with van der Waals surface area (Å²) in [6.07, 6.45) is -5.14. The van der Waals surface area contributed by atoms with Gasteiger partial charge in [-0.05, 0) is 324 Å². The average Bonchev–Trinajstić information content (AvgIpc) is 0.800. The van der Waals surface area contributed by atoms with Crippen molar-refractivity contribution < 1.29 is 11.0 Å². The maximum absolute atomic E-state index is 10.2. The van der Waals surface area contributed by atoms with E-state index >= 15 is 0 Å². The number of rotatable bonds is 15. The molecule has 0 saturated heterocycles. The SMILES string of the molecule is [2H]C([2H])(c1cccc(-c2cc(N3c4cc(-n5c6ccc(C(C)(C)C)cc6c6cc(C(C)(C)C)ccc65)ccc4B4c5ccc(-n6c7ccc(C(C)(C)C)cc7c7cc(C(C)(C)C)ccc76)cc5N(c5cc(-c6cccc(C([2H])([2H])C(C)(C)C)c6)c(CC(C)(C)C)cc5-c5cccc(C([2H])([2H])C(C)(C)C)c5)c5cc(CC(C)(C)C)cc3c54)c(-c3cccc(C([2H])([2H])C(C)(C)C)c3)cc2CC(C)(C)C)c1)C(C)(C)C. The smallest absolute Gasteiger partial charge is 0.252 e. The Hall–Kier alpha value is -10.9. The lowest BCUT2D eigenvalue weighted by Crippen LogP contribution is -2.61. The van der Waals surface area contributed by atoms with Crippen LogP contribution in [0.4, 0.5) is 34.1 Å². The number of aromatic nitrogens is 2. The van der Waals surface area contributed by atoms with Gasteiger partial charge in [-0.25, -0.2) is 0 Å². The van der Waals surface area contributed by atoms with Crippen molar-refractivity contribution in [2.75, 3.05) is 9.80 Å². The first-order valence-electron chi connectivity index (χ1n) is 53.3. The third kappa shape index (κ3) is 19.7. The predicted octanol–water partition coefficient (Wildman–Crippen LogP) is 34.9. The van der Waals surface area contributed by atoms with Crippen LogP contribution in [0.2, 0.25) is 0 Å². The molecule has 4 nitrogen and oxygen atoms in total. The summed E-state index contributed by atoms with van der Waals surface area (Å²) < 4.78 is 86.1. The van der Waals surface area contributed by atoms with Gasteiger partial charge in [0.25, 0.3) is 6.71 Å². The van der Waals surface area contributed by atoms with Gasteiger partial charge in [0, 0.05) is 77.8 Å². The van der Waals surface area contributed by atoms with Gasteiger partial charge in [0.2, 0.25) is 0 Å². The van der Waals surface area contributed by atoms with Gasteiger partial charge in [0.1, 0.15) is 0 Å². The summed E-state index contributed by atoms with van der Waals surface area (Å²) in [4.78, 5) is 5.21. The molecule has 134 heavy (non-hydrogen) atoms. The fourth-order valence-corrected chi connectivity index (χ4v) is 20.9. The number of fused-ring (bicyclic) bond motifs is 10. The molecule has 17 rings (SSSR count). The van der Waals surface area contributed by atoms with E-state index in [1.807, 2.05) is 132 Å². The van der Waals surface area contributed by atoms with E-state index < -0.39 is 53.9 Å². The van der Waals surface area contributed by atoms with Crippen molar-refractivity contribution in [3.8, 4) is 55.9 Å². The first kappa shape index (κ1) is 84.8. The molecule has 0 aliphatic carbocycles. The Kier molecular flexibility index (Phi) is 21.2. The Bertz CT molecular complexity index is 6960. The summed E-state index contributed by atoms with van der Waals surface area (Å²) in [5.41, 5.74) is 28.2. The number of benzene rings is 13. The Morgan fingerprint density at radius 2 is 0.507 bits per heavy atom. The molecule has 2 aromatic heterocycles. The molecule has 0 atom stereocenters. The summed E-state index contributed by atoms with van der Waals surface area (Å²) >= 11 is 0. The fourth-order valence-electron chi connectivity index (χ4n) is 20.9. The van der Waals surface area contributed by atoms with Crippen LogP contribution in [0.25, 0.3) is 99.5 Å². The van der Waals surface area contributed by atoms with Crippen LogP contribution in [0.15, 0.2) is 243 Å². The lowest BCUT2D eigenvalue weighted by atomic mass is 9.33. The standard InChI is InChI=1S/C129H153BN4/c1-119(2,3)74-81-38-34-42-86(58-81)98-72-112(100(64-90(98)79-124(16,17)18)88-44-36-40-83(60-88)76-121(7,8)9)133-114-70-96(131-108-54-46-92(126(22,23)24)66-102(108)103-67-93(127(25,26)27)47-55-109(103)131)50-52-106(114)130-107-53-51-97(132-110-56-48-94(128(28,29)30)68-104(110)105-69-95(129(31,32)33)49-57-111(105)132)71-115(107)134(117-63-85(78-123(13,14)15)62-116(133)118(117)130)113-73-99(87-43-35-39-82(59-87)75-120(4,5)6)91(80-125(19,20)21)65-101(113)89-45-37-41-84(61-89)77-122(10,11)12/h34-73H,74-80H2,1-33H3/i74D2,75D2,76D2,77D2. The lowest BCUT2D eigenvalue weighted by molar-refractivity contribution is 0.410. The quantitative estimate of drug-likeness (QED) is 0.0951. The molecule has 0 saturated carbocycles. The molecule has 0 radical (unpaired) electrons. The van der Waals surface area contributed by atoms with Crippen molar-refractivity contribution in [2.24, 2.45) is 37.9 Å². The van der Waals surface area contributed by atoms with Gasteiger partial charge in [-0.1, -0.05) is 362 Å². The van der Waals surface area contributed by atoms with Gasteiger partial charge in [-0.3, -0.25) is 0 Å². The van der Waals surface area contributed by atoms with Crippen molar-refractivity contribution in [3.05, 3.63) is 304 Å². The zero-order valence-corrected chi connectivity index (χ0v) is 87.1. The van der Waals surface area contributed by atoms with Crippen molar-refractivity contribution >= 4 is 101 Å². The first-order valence-corrected chi connectivity index (χ1v) is 49.3. The number of nitrogens with zero attached hydrogens (tertiary/aromatic N) is 4. The summed E-state index contributed by atoms with van der Waals surface area (Å²) in [5, 5.41) is 4.71. The van der Waals surface area contributed by atoms with Crippen LogP contribution in [-0.2, 0) is 66.4 Å². The van der Waals surface area contributed by atoms with Gasteiger partial charge in [-0.15, -0.1) is 0 Å². The highest BCUT2D eigenvalue weighted by atomic mass is 15.2. The number of hydrogen-bond acceptors (Lipinski definition) is 2. The van der Waals surface area contributed by atoms with E-state index in [1.54, 1.807) is 0 Å². The number of hydrogen-bond donors (Lipinski definition) is 0. The van der Waals surface area contributed by atoms with E-state index in [4.69, 9.17) is 0 Å². The molecule has 0 bridgehead atoms. The first-order chi connectivity index (χ1) is 65.3. The van der Waals surface area contributed by atoms with E-state index in [-0.39, 0.29) is 37.9 Å². The molecule has 0 amide bonds. The van der Waals surface area contributed by atoms with Gasteiger partial charge >= 0.3 is 0 Å². The summed E-state index contributed by atoms with van der Waals surface area (Å²) in [7, 11) is 0. The molecule has 5 heteroatoms. The van der Waals surface area contributed by atoms with E-state index in [0.717, 1.165) is 145 Å². The number of anilines is 6. The highest BCUT2D eigenvalue weighted by molar-refractivity contribution is 7.00. The highest BCUT2D eigenvalue weighted by Crippen LogP contribution is 2.55. The van der Waals surface area contributed by atoms with Crippen LogP contribution in [0.5, 0.6) is 0 Å². The minimum absolute atomic E-state index is 0.157. The molecule has 2 aliphatic rings. The largest absolute Gasteiger partial charge is 0.311 e. The molecule has 692 valence electrons. The van der Waals surface area contributed by atoms with E-state index in [0.29, 0.717) is 41.5 Å². The molecule has 0 fully saturated rings. The third-order valence-electron chi connectivity index (χ3n) is 26.5. The second kappa shape index (κ2) is 33.5. The summed E-state index contributed by atoms with van der Waals surface area (Å²) in [6, 6.07) is 90.9. The second-order valence-electron chi connectivity index (χ2n) is 51.3. The van der Waals surface area contributed by atoms with Gasteiger partial charge in [0.05, 0.1) is 33.4 Å². The maximum atomic E-state index is 10.2. The minimum Gasteiger partial charge on any atom is -0.311 e. The van der Waals surface area contributed by atoms with Gasteiger partial charge in [0.15, 0.2) is 0 Å². The topological polar surface area (TPSA) is 16.3 Å². The molecular formula is C129H153BN4. The monoisotopic (exact) mass is 1780 g/mol.